The Morgan fingerprint density at radius 1 is 1.04 bits per heavy atom. The summed E-state index contributed by atoms with van der Waals surface area (Å²) in [5.41, 5.74) is 2.83. The summed E-state index contributed by atoms with van der Waals surface area (Å²) < 4.78 is 0. The Balaban J connectivity index is 1.73. The second-order valence-corrected chi connectivity index (χ2v) is 6.57. The standard InChI is InChI=1S/C19H22ClN3O2/c1-14-6-8-17(9-7-14)22-19(25)13-23(2)12-18(24)21-11-15-4-3-5-16(20)10-15/h3-10H,11-13H2,1-2H3,(H,21,24)(H,22,25)/p+1. The van der Waals surface area contributed by atoms with Crippen molar-refractivity contribution in [3.8, 4) is 0 Å². The molecule has 1 unspecified atom stereocenters. The molecule has 6 heteroatoms. The highest BCUT2D eigenvalue weighted by atomic mass is 35.5. The third-order valence-electron chi connectivity index (χ3n) is 3.64. The summed E-state index contributed by atoms with van der Waals surface area (Å²) in [4.78, 5) is 24.8. The van der Waals surface area contributed by atoms with Crippen molar-refractivity contribution in [1.29, 1.82) is 0 Å². The van der Waals surface area contributed by atoms with Gasteiger partial charge in [0.2, 0.25) is 0 Å². The molecule has 0 saturated heterocycles. The molecule has 2 amide bonds. The van der Waals surface area contributed by atoms with Crippen molar-refractivity contribution < 1.29 is 14.5 Å². The van der Waals surface area contributed by atoms with Crippen molar-refractivity contribution in [1.82, 2.24) is 5.32 Å². The second-order valence-electron chi connectivity index (χ2n) is 6.13. The molecule has 5 nitrogen and oxygen atoms in total. The van der Waals surface area contributed by atoms with Crippen molar-refractivity contribution in [2.24, 2.45) is 0 Å². The van der Waals surface area contributed by atoms with E-state index in [2.05, 4.69) is 10.6 Å². The molecule has 3 N–H and O–H groups in total. The molecule has 0 aromatic heterocycles. The molecule has 0 spiro atoms. The summed E-state index contributed by atoms with van der Waals surface area (Å²) in [6.07, 6.45) is 0. The first-order chi connectivity index (χ1) is 11.9. The van der Waals surface area contributed by atoms with Gasteiger partial charge in [-0.15, -0.1) is 0 Å². The molecule has 0 aliphatic rings. The van der Waals surface area contributed by atoms with Crippen LogP contribution in [0.4, 0.5) is 5.69 Å². The number of anilines is 1. The maximum atomic E-state index is 12.0. The summed E-state index contributed by atoms with van der Waals surface area (Å²) in [6, 6.07) is 14.9. The number of amides is 2. The largest absolute Gasteiger partial charge is 0.347 e. The molecule has 2 rings (SSSR count). The molecule has 0 aliphatic carbocycles. The van der Waals surface area contributed by atoms with Crippen LogP contribution in [0, 0.1) is 6.92 Å². The van der Waals surface area contributed by atoms with Crippen molar-refractivity contribution in [3.05, 3.63) is 64.7 Å². The summed E-state index contributed by atoms with van der Waals surface area (Å²) in [7, 11) is 1.81. The summed E-state index contributed by atoms with van der Waals surface area (Å²) in [5.74, 6) is -0.232. The average molecular weight is 361 g/mol. The Hall–Kier alpha value is -2.37. The van der Waals surface area contributed by atoms with Crippen LogP contribution in [0.15, 0.2) is 48.5 Å². The SMILES string of the molecule is Cc1ccc(NC(=O)C[NH+](C)CC(=O)NCc2cccc(Cl)c2)cc1. The zero-order valence-corrected chi connectivity index (χ0v) is 15.2. The molecule has 2 aromatic rings. The Morgan fingerprint density at radius 2 is 1.72 bits per heavy atom. The van der Waals surface area contributed by atoms with Crippen LogP contribution in [0.2, 0.25) is 5.02 Å². The molecular formula is C19H23ClN3O2+. The predicted molar refractivity (Wildman–Crippen MR) is 99.7 cm³/mol. The highest BCUT2D eigenvalue weighted by Crippen LogP contribution is 2.10. The zero-order valence-electron chi connectivity index (χ0n) is 14.4. The van der Waals surface area contributed by atoms with E-state index in [0.717, 1.165) is 21.7 Å². The molecule has 0 radical (unpaired) electrons. The molecule has 25 heavy (non-hydrogen) atoms. The third-order valence-corrected chi connectivity index (χ3v) is 3.87. The van der Waals surface area contributed by atoms with Gasteiger partial charge >= 0.3 is 0 Å². The van der Waals surface area contributed by atoms with Gasteiger partial charge in [0.05, 0.1) is 7.05 Å². The van der Waals surface area contributed by atoms with Gasteiger partial charge in [-0.1, -0.05) is 41.4 Å². The maximum absolute atomic E-state index is 12.0. The van der Waals surface area contributed by atoms with Crippen molar-refractivity contribution in [2.75, 3.05) is 25.5 Å². The molecule has 132 valence electrons. The summed E-state index contributed by atoms with van der Waals surface area (Å²) in [5, 5.41) is 6.31. The van der Waals surface area contributed by atoms with Crippen LogP contribution < -0.4 is 15.5 Å². The van der Waals surface area contributed by atoms with E-state index in [0.29, 0.717) is 11.6 Å². The lowest BCUT2D eigenvalue weighted by Crippen LogP contribution is -3.11. The fourth-order valence-corrected chi connectivity index (χ4v) is 2.58. The molecule has 0 aliphatic heterocycles. The van der Waals surface area contributed by atoms with E-state index in [1.165, 1.54) is 0 Å². The fourth-order valence-electron chi connectivity index (χ4n) is 2.36. The van der Waals surface area contributed by atoms with Gasteiger partial charge < -0.3 is 15.5 Å². The number of quaternary nitrogens is 1. The highest BCUT2D eigenvalue weighted by molar-refractivity contribution is 6.30. The number of halogens is 1. The lowest BCUT2D eigenvalue weighted by atomic mass is 10.2. The molecule has 2 aromatic carbocycles. The van der Waals surface area contributed by atoms with E-state index in [-0.39, 0.29) is 24.9 Å². The molecule has 0 heterocycles. The van der Waals surface area contributed by atoms with Gasteiger partial charge in [-0.25, -0.2) is 0 Å². The Kier molecular flexibility index (Phi) is 6.98. The quantitative estimate of drug-likeness (QED) is 0.699. The fraction of sp³-hybridized carbons (Fsp3) is 0.263. The van der Waals surface area contributed by atoms with E-state index in [1.807, 2.05) is 56.4 Å². The van der Waals surface area contributed by atoms with E-state index in [1.54, 1.807) is 6.07 Å². The number of hydrogen-bond acceptors (Lipinski definition) is 2. The van der Waals surface area contributed by atoms with Gasteiger partial charge in [0.1, 0.15) is 0 Å². The van der Waals surface area contributed by atoms with Crippen LogP contribution >= 0.6 is 11.6 Å². The van der Waals surface area contributed by atoms with Gasteiger partial charge in [0, 0.05) is 17.3 Å². The lowest BCUT2D eigenvalue weighted by molar-refractivity contribution is -0.862. The minimum atomic E-state index is -0.121. The van der Waals surface area contributed by atoms with Gasteiger partial charge in [0.15, 0.2) is 13.1 Å². The van der Waals surface area contributed by atoms with Crippen LogP contribution in [0.25, 0.3) is 0 Å². The van der Waals surface area contributed by atoms with Crippen LogP contribution in [-0.4, -0.2) is 32.0 Å². The van der Waals surface area contributed by atoms with Gasteiger partial charge in [-0.05, 0) is 36.8 Å². The topological polar surface area (TPSA) is 62.6 Å². The molecule has 0 bridgehead atoms. The van der Waals surface area contributed by atoms with Crippen LogP contribution in [0.3, 0.4) is 0 Å². The minimum Gasteiger partial charge on any atom is -0.347 e. The minimum absolute atomic E-state index is 0.111. The Labute approximate surface area is 153 Å². The van der Waals surface area contributed by atoms with Gasteiger partial charge in [0.25, 0.3) is 11.8 Å². The van der Waals surface area contributed by atoms with Crippen molar-refractivity contribution >= 4 is 29.1 Å². The number of rotatable bonds is 7. The van der Waals surface area contributed by atoms with Crippen LogP contribution in [0.1, 0.15) is 11.1 Å². The van der Waals surface area contributed by atoms with E-state index >= 15 is 0 Å². The Bertz CT molecular complexity index is 732. The highest BCUT2D eigenvalue weighted by Gasteiger charge is 2.14. The first-order valence-corrected chi connectivity index (χ1v) is 8.49. The smallest absolute Gasteiger partial charge is 0.279 e. The monoisotopic (exact) mass is 360 g/mol. The van der Waals surface area contributed by atoms with Crippen molar-refractivity contribution in [3.63, 3.8) is 0 Å². The normalized spacial score (nSPS) is 11.6. The number of aryl methyl sites for hydroxylation is 1. The third kappa shape index (κ3) is 6.95. The summed E-state index contributed by atoms with van der Waals surface area (Å²) >= 11 is 5.92. The molecular weight excluding hydrogens is 338 g/mol. The number of nitrogens with one attached hydrogen (secondary N) is 3. The summed E-state index contributed by atoms with van der Waals surface area (Å²) in [6.45, 7) is 2.86. The molecule has 0 saturated carbocycles. The van der Waals surface area contributed by atoms with Crippen LogP contribution in [0.5, 0.6) is 0 Å². The van der Waals surface area contributed by atoms with E-state index in [4.69, 9.17) is 11.6 Å². The number of hydrogen-bond donors (Lipinski definition) is 3. The average Bonchev–Trinajstić information content (AvgIpc) is 2.55. The van der Waals surface area contributed by atoms with Crippen molar-refractivity contribution in [2.45, 2.75) is 13.5 Å². The lowest BCUT2D eigenvalue weighted by Gasteiger charge is -2.14. The van der Waals surface area contributed by atoms with Gasteiger partial charge in [-0.2, -0.15) is 0 Å². The zero-order chi connectivity index (χ0) is 18.2. The maximum Gasteiger partial charge on any atom is 0.279 e. The van der Waals surface area contributed by atoms with Gasteiger partial charge in [-0.3, -0.25) is 9.59 Å². The first kappa shape index (κ1) is 19.0. The Morgan fingerprint density at radius 3 is 2.40 bits per heavy atom. The van der Waals surface area contributed by atoms with E-state index < -0.39 is 0 Å². The van der Waals surface area contributed by atoms with Crippen LogP contribution in [-0.2, 0) is 16.1 Å². The number of benzene rings is 2. The number of carbonyl (C=O) groups excluding carboxylic acids is 2. The second kappa shape index (κ2) is 9.20. The molecule has 0 fully saturated rings. The van der Waals surface area contributed by atoms with E-state index in [9.17, 15) is 9.59 Å². The number of carbonyl (C=O) groups is 2. The predicted octanol–water partition coefficient (Wildman–Crippen LogP) is 1.42. The first-order valence-electron chi connectivity index (χ1n) is 8.11. The molecule has 1 atom stereocenters. The number of likely N-dealkylation sites (N-methyl/N-ethyl adjacent to an activating group) is 1.